The Bertz CT molecular complexity index is 558. The van der Waals surface area contributed by atoms with Gasteiger partial charge in [0.25, 0.3) is 10.0 Å². The molecule has 118 valence electrons. The van der Waals surface area contributed by atoms with Gasteiger partial charge in [-0.3, -0.25) is 4.90 Å². The number of halogens is 1. The largest absolute Gasteiger partial charge is 0.300 e. The van der Waals surface area contributed by atoms with Crippen LogP contribution in [0, 0.1) is 0 Å². The molecule has 1 aliphatic heterocycles. The molecule has 1 saturated heterocycles. The van der Waals surface area contributed by atoms with Crippen molar-refractivity contribution in [1.29, 1.82) is 0 Å². The highest BCUT2D eigenvalue weighted by Crippen LogP contribution is 2.22. The Balaban J connectivity index is 2.13. The number of rotatable bonds is 6. The van der Waals surface area contributed by atoms with E-state index in [0.29, 0.717) is 25.0 Å². The highest BCUT2D eigenvalue weighted by molar-refractivity contribution is 7.89. The molecule has 1 unspecified atom stereocenters. The molecule has 0 radical (unpaired) electrons. The Hall–Kier alpha value is -0.690. The van der Waals surface area contributed by atoms with Gasteiger partial charge in [0.05, 0.1) is 0 Å². The standard InChI is InChI=1S/C14H22ClN3O2S/c1-3-17(4-2)13-7-8-18(11-13)21(19,20)14-6-5-12(9-15)10-16-14/h5-6,10,13H,3-4,7-9,11H2,1-2H3. The van der Waals surface area contributed by atoms with Crippen molar-refractivity contribution in [3.63, 3.8) is 0 Å². The van der Waals surface area contributed by atoms with E-state index in [1.165, 1.54) is 12.3 Å². The van der Waals surface area contributed by atoms with E-state index >= 15 is 0 Å². The van der Waals surface area contributed by atoms with Gasteiger partial charge in [-0.1, -0.05) is 19.9 Å². The predicted octanol–water partition coefficient (Wildman–Crippen LogP) is 1.93. The molecule has 0 amide bonds. The topological polar surface area (TPSA) is 53.5 Å². The molecule has 0 aliphatic carbocycles. The Kier molecular flexibility index (Phi) is 5.60. The molecule has 0 N–H and O–H groups in total. The van der Waals surface area contributed by atoms with Gasteiger partial charge in [-0.15, -0.1) is 11.6 Å². The van der Waals surface area contributed by atoms with Gasteiger partial charge in [0.2, 0.25) is 0 Å². The summed E-state index contributed by atoms with van der Waals surface area (Å²) in [6.07, 6.45) is 2.40. The van der Waals surface area contributed by atoms with E-state index in [1.54, 1.807) is 10.4 Å². The maximum absolute atomic E-state index is 12.6. The highest BCUT2D eigenvalue weighted by atomic mass is 35.5. The summed E-state index contributed by atoms with van der Waals surface area (Å²) in [5.74, 6) is 0.334. The molecule has 0 spiro atoms. The third kappa shape index (κ3) is 3.56. The highest BCUT2D eigenvalue weighted by Gasteiger charge is 2.35. The van der Waals surface area contributed by atoms with Crippen molar-refractivity contribution in [3.05, 3.63) is 23.9 Å². The number of pyridine rings is 1. The van der Waals surface area contributed by atoms with Crippen molar-refractivity contribution in [2.24, 2.45) is 0 Å². The van der Waals surface area contributed by atoms with Crippen LogP contribution in [0.3, 0.4) is 0 Å². The number of nitrogens with zero attached hydrogens (tertiary/aromatic N) is 3. The molecule has 1 atom stereocenters. The smallest absolute Gasteiger partial charge is 0.260 e. The number of hydrogen-bond acceptors (Lipinski definition) is 4. The summed E-state index contributed by atoms with van der Waals surface area (Å²) >= 11 is 5.70. The minimum Gasteiger partial charge on any atom is -0.300 e. The normalized spacial score (nSPS) is 20.3. The van der Waals surface area contributed by atoms with E-state index in [2.05, 4.69) is 23.7 Å². The lowest BCUT2D eigenvalue weighted by atomic mass is 10.2. The molecule has 1 aliphatic rings. The summed E-state index contributed by atoms with van der Waals surface area (Å²) in [5.41, 5.74) is 0.818. The van der Waals surface area contributed by atoms with Gasteiger partial charge in [0.1, 0.15) is 0 Å². The maximum Gasteiger partial charge on any atom is 0.260 e. The Labute approximate surface area is 132 Å². The van der Waals surface area contributed by atoms with E-state index in [1.807, 2.05) is 0 Å². The van der Waals surface area contributed by atoms with Crippen LogP contribution in [-0.2, 0) is 15.9 Å². The lowest BCUT2D eigenvalue weighted by molar-refractivity contribution is 0.224. The van der Waals surface area contributed by atoms with Crippen LogP contribution in [0.5, 0.6) is 0 Å². The zero-order valence-electron chi connectivity index (χ0n) is 12.5. The minimum absolute atomic E-state index is 0.108. The molecule has 1 aromatic heterocycles. The third-order valence-electron chi connectivity index (χ3n) is 4.01. The summed E-state index contributed by atoms with van der Waals surface area (Å²) in [6.45, 7) is 7.20. The van der Waals surface area contributed by atoms with E-state index < -0.39 is 10.0 Å². The molecule has 0 aromatic carbocycles. The van der Waals surface area contributed by atoms with Crippen LogP contribution in [0.25, 0.3) is 0 Å². The lowest BCUT2D eigenvalue weighted by Crippen LogP contribution is -2.38. The minimum atomic E-state index is -3.49. The summed E-state index contributed by atoms with van der Waals surface area (Å²) < 4.78 is 26.7. The van der Waals surface area contributed by atoms with Crippen molar-refractivity contribution in [1.82, 2.24) is 14.2 Å². The van der Waals surface area contributed by atoms with Crippen LogP contribution >= 0.6 is 11.6 Å². The molecule has 7 heteroatoms. The molecule has 2 rings (SSSR count). The zero-order valence-corrected chi connectivity index (χ0v) is 14.1. The van der Waals surface area contributed by atoms with Crippen molar-refractivity contribution in [3.8, 4) is 0 Å². The van der Waals surface area contributed by atoms with Crippen LogP contribution in [0.4, 0.5) is 0 Å². The van der Waals surface area contributed by atoms with Crippen molar-refractivity contribution < 1.29 is 8.42 Å². The first-order valence-electron chi connectivity index (χ1n) is 7.28. The maximum atomic E-state index is 12.6. The van der Waals surface area contributed by atoms with Crippen molar-refractivity contribution in [2.75, 3.05) is 26.2 Å². The Morgan fingerprint density at radius 3 is 2.62 bits per heavy atom. The van der Waals surface area contributed by atoms with Gasteiger partial charge in [-0.05, 0) is 31.1 Å². The number of alkyl halides is 1. The summed E-state index contributed by atoms with van der Waals surface area (Å²) in [6, 6.07) is 3.56. The van der Waals surface area contributed by atoms with E-state index in [9.17, 15) is 8.42 Å². The molecule has 1 aromatic rings. The third-order valence-corrected chi connectivity index (χ3v) is 6.10. The molecular weight excluding hydrogens is 310 g/mol. The number of sulfonamides is 1. The summed E-state index contributed by atoms with van der Waals surface area (Å²) in [7, 11) is -3.49. The molecular formula is C14H22ClN3O2S. The first kappa shape index (κ1) is 16.7. The average molecular weight is 332 g/mol. The molecule has 0 saturated carbocycles. The average Bonchev–Trinajstić information content (AvgIpc) is 2.99. The van der Waals surface area contributed by atoms with Crippen LogP contribution in [0.2, 0.25) is 0 Å². The number of likely N-dealkylation sites (N-methyl/N-ethyl adjacent to an activating group) is 1. The van der Waals surface area contributed by atoms with E-state index in [0.717, 1.165) is 25.1 Å². The van der Waals surface area contributed by atoms with E-state index in [-0.39, 0.29) is 5.03 Å². The van der Waals surface area contributed by atoms with Gasteiger partial charge >= 0.3 is 0 Å². The second kappa shape index (κ2) is 7.05. The van der Waals surface area contributed by atoms with Gasteiger partial charge in [0, 0.05) is 31.2 Å². The summed E-state index contributed by atoms with van der Waals surface area (Å²) in [5, 5.41) is 0.108. The first-order chi connectivity index (χ1) is 10.0. The van der Waals surface area contributed by atoms with Gasteiger partial charge < -0.3 is 0 Å². The van der Waals surface area contributed by atoms with Gasteiger partial charge in [-0.25, -0.2) is 13.4 Å². The van der Waals surface area contributed by atoms with Gasteiger partial charge in [0.15, 0.2) is 5.03 Å². The van der Waals surface area contributed by atoms with Crippen LogP contribution in [-0.4, -0.2) is 54.8 Å². The fourth-order valence-electron chi connectivity index (χ4n) is 2.74. The quantitative estimate of drug-likeness (QED) is 0.747. The van der Waals surface area contributed by atoms with Gasteiger partial charge in [-0.2, -0.15) is 4.31 Å². The second-order valence-electron chi connectivity index (χ2n) is 5.17. The summed E-state index contributed by atoms with van der Waals surface area (Å²) in [4.78, 5) is 6.35. The van der Waals surface area contributed by atoms with Crippen molar-refractivity contribution in [2.45, 2.75) is 37.2 Å². The zero-order chi connectivity index (χ0) is 15.5. The fourth-order valence-corrected chi connectivity index (χ4v) is 4.30. The molecule has 2 heterocycles. The number of hydrogen-bond donors (Lipinski definition) is 0. The fraction of sp³-hybridized carbons (Fsp3) is 0.643. The second-order valence-corrected chi connectivity index (χ2v) is 7.32. The lowest BCUT2D eigenvalue weighted by Gasteiger charge is -2.25. The molecule has 21 heavy (non-hydrogen) atoms. The van der Waals surface area contributed by atoms with Crippen LogP contribution < -0.4 is 0 Å². The molecule has 0 bridgehead atoms. The SMILES string of the molecule is CCN(CC)C1CCN(S(=O)(=O)c2ccc(CCl)cn2)C1. The molecule has 5 nitrogen and oxygen atoms in total. The Morgan fingerprint density at radius 2 is 2.10 bits per heavy atom. The van der Waals surface area contributed by atoms with E-state index in [4.69, 9.17) is 11.6 Å². The number of aromatic nitrogens is 1. The van der Waals surface area contributed by atoms with Crippen molar-refractivity contribution >= 4 is 21.6 Å². The molecule has 1 fully saturated rings. The van der Waals surface area contributed by atoms with Crippen LogP contribution in [0.15, 0.2) is 23.4 Å². The Morgan fingerprint density at radius 1 is 1.38 bits per heavy atom. The van der Waals surface area contributed by atoms with Crippen LogP contribution in [0.1, 0.15) is 25.8 Å². The first-order valence-corrected chi connectivity index (χ1v) is 9.25. The predicted molar refractivity (Wildman–Crippen MR) is 83.9 cm³/mol. The monoisotopic (exact) mass is 331 g/mol.